The third kappa shape index (κ3) is 2.97. The van der Waals surface area contributed by atoms with Gasteiger partial charge in [-0.05, 0) is 96.9 Å². The van der Waals surface area contributed by atoms with Crippen LogP contribution in [0.25, 0.3) is 65.0 Å². The first-order chi connectivity index (χ1) is 16.9. The molecule has 0 aliphatic carbocycles. The summed E-state index contributed by atoms with van der Waals surface area (Å²) >= 11 is 2.57. The van der Waals surface area contributed by atoms with E-state index < -0.39 is 0 Å². The summed E-state index contributed by atoms with van der Waals surface area (Å²) in [4.78, 5) is 0. The van der Waals surface area contributed by atoms with Gasteiger partial charge in [0, 0.05) is 3.42 Å². The van der Waals surface area contributed by atoms with Crippen molar-refractivity contribution in [3.63, 3.8) is 0 Å². The summed E-state index contributed by atoms with van der Waals surface area (Å²) in [6.45, 7) is 6.86. The van der Waals surface area contributed by atoms with Gasteiger partial charge in [-0.1, -0.05) is 120 Å². The highest BCUT2D eigenvalue weighted by molar-refractivity contribution is 14.1. The molecular weight excluding hydrogens is 535 g/mol. The Kier molecular flexibility index (Phi) is 4.48. The minimum absolute atomic E-state index is 0.0618. The fourth-order valence-electron chi connectivity index (χ4n) is 6.17. The van der Waals surface area contributed by atoms with E-state index in [1.165, 1.54) is 76.1 Å². The molecule has 7 aromatic rings. The molecule has 0 saturated heterocycles. The van der Waals surface area contributed by atoms with Gasteiger partial charge in [0.1, 0.15) is 0 Å². The van der Waals surface area contributed by atoms with Gasteiger partial charge in [-0.15, -0.1) is 0 Å². The van der Waals surface area contributed by atoms with E-state index in [2.05, 4.69) is 140 Å². The van der Waals surface area contributed by atoms with Gasteiger partial charge in [0.25, 0.3) is 0 Å². The van der Waals surface area contributed by atoms with Crippen LogP contribution in [0, 0.1) is 6.92 Å². The SMILES string of the molecule is Cc1c2ccccc2c(-c2ccc3ccc4c(C(C)(C)I)ccc5ccc2c3c54)c2ccccc12. The van der Waals surface area contributed by atoms with E-state index in [9.17, 15) is 0 Å². The van der Waals surface area contributed by atoms with Crippen LogP contribution < -0.4 is 0 Å². The molecule has 7 rings (SSSR count). The van der Waals surface area contributed by atoms with Gasteiger partial charge in [0.15, 0.2) is 0 Å². The lowest BCUT2D eigenvalue weighted by atomic mass is 9.84. The van der Waals surface area contributed by atoms with Crippen LogP contribution >= 0.6 is 22.6 Å². The van der Waals surface area contributed by atoms with Crippen LogP contribution in [0.5, 0.6) is 0 Å². The molecule has 1 heteroatoms. The Bertz CT molecular complexity index is 1880. The molecule has 0 radical (unpaired) electrons. The van der Waals surface area contributed by atoms with Crippen molar-refractivity contribution in [1.29, 1.82) is 0 Å². The number of hydrogen-bond donors (Lipinski definition) is 0. The van der Waals surface area contributed by atoms with E-state index in [1.54, 1.807) is 0 Å². The predicted octanol–water partition coefficient (Wildman–Crippen LogP) is 10.5. The van der Waals surface area contributed by atoms with Crippen LogP contribution in [0.2, 0.25) is 0 Å². The van der Waals surface area contributed by atoms with Crippen molar-refractivity contribution in [3.05, 3.63) is 108 Å². The Morgan fingerprint density at radius 3 is 1.60 bits per heavy atom. The fraction of sp³-hybridized carbons (Fsp3) is 0.118. The van der Waals surface area contributed by atoms with Gasteiger partial charge in [-0.3, -0.25) is 0 Å². The van der Waals surface area contributed by atoms with Crippen molar-refractivity contribution >= 4 is 76.5 Å². The van der Waals surface area contributed by atoms with E-state index in [4.69, 9.17) is 0 Å². The third-order valence-electron chi connectivity index (χ3n) is 7.78. The molecule has 168 valence electrons. The van der Waals surface area contributed by atoms with Crippen molar-refractivity contribution in [2.75, 3.05) is 0 Å². The first-order valence-corrected chi connectivity index (χ1v) is 13.3. The summed E-state index contributed by atoms with van der Waals surface area (Å²) in [5.74, 6) is 0. The quantitative estimate of drug-likeness (QED) is 0.0854. The van der Waals surface area contributed by atoms with Crippen molar-refractivity contribution in [2.45, 2.75) is 24.2 Å². The molecule has 0 amide bonds. The Hall–Kier alpha value is -3.17. The topological polar surface area (TPSA) is 0 Å². The lowest BCUT2D eigenvalue weighted by Crippen LogP contribution is -2.07. The summed E-state index contributed by atoms with van der Waals surface area (Å²) in [5, 5.41) is 13.4. The number of rotatable bonds is 2. The van der Waals surface area contributed by atoms with Crippen LogP contribution in [0.1, 0.15) is 25.0 Å². The molecule has 0 atom stereocenters. The van der Waals surface area contributed by atoms with Crippen molar-refractivity contribution < 1.29 is 0 Å². The van der Waals surface area contributed by atoms with Crippen molar-refractivity contribution in [2.24, 2.45) is 0 Å². The number of halogens is 1. The van der Waals surface area contributed by atoms with Gasteiger partial charge in [-0.25, -0.2) is 0 Å². The molecule has 0 N–H and O–H groups in total. The molecule has 0 aliphatic heterocycles. The van der Waals surface area contributed by atoms with Gasteiger partial charge in [-0.2, -0.15) is 0 Å². The summed E-state index contributed by atoms with van der Waals surface area (Å²) in [6.07, 6.45) is 0. The van der Waals surface area contributed by atoms with Gasteiger partial charge < -0.3 is 0 Å². The summed E-state index contributed by atoms with van der Waals surface area (Å²) in [6, 6.07) is 36.4. The van der Waals surface area contributed by atoms with Crippen molar-refractivity contribution in [3.8, 4) is 11.1 Å². The van der Waals surface area contributed by atoms with E-state index in [-0.39, 0.29) is 3.42 Å². The molecule has 35 heavy (non-hydrogen) atoms. The second kappa shape index (κ2) is 7.41. The average molecular weight is 560 g/mol. The molecule has 7 aromatic carbocycles. The van der Waals surface area contributed by atoms with Crippen LogP contribution in [-0.4, -0.2) is 0 Å². The first-order valence-electron chi connectivity index (χ1n) is 12.2. The lowest BCUT2D eigenvalue weighted by molar-refractivity contribution is 0.836. The Morgan fingerprint density at radius 1 is 0.514 bits per heavy atom. The molecule has 0 fully saturated rings. The minimum Gasteiger partial charge on any atom is -0.0742 e. The van der Waals surface area contributed by atoms with Crippen molar-refractivity contribution in [1.82, 2.24) is 0 Å². The van der Waals surface area contributed by atoms with E-state index >= 15 is 0 Å². The van der Waals surface area contributed by atoms with Crippen LogP contribution in [-0.2, 0) is 3.42 Å². The highest BCUT2D eigenvalue weighted by Gasteiger charge is 2.22. The zero-order valence-corrected chi connectivity index (χ0v) is 22.3. The van der Waals surface area contributed by atoms with Gasteiger partial charge in [0.2, 0.25) is 0 Å². The maximum absolute atomic E-state index is 2.57. The minimum atomic E-state index is 0.0618. The summed E-state index contributed by atoms with van der Waals surface area (Å²) in [5.41, 5.74) is 5.41. The fourth-order valence-corrected chi connectivity index (χ4v) is 6.64. The zero-order valence-electron chi connectivity index (χ0n) is 20.1. The lowest BCUT2D eigenvalue weighted by Gasteiger charge is -2.23. The normalized spacial score (nSPS) is 12.6. The molecule has 0 bridgehead atoms. The van der Waals surface area contributed by atoms with E-state index in [1.807, 2.05) is 0 Å². The van der Waals surface area contributed by atoms with E-state index in [0.717, 1.165) is 0 Å². The van der Waals surface area contributed by atoms with E-state index in [0.29, 0.717) is 0 Å². The molecule has 0 spiro atoms. The Labute approximate surface area is 219 Å². The Morgan fingerprint density at radius 2 is 1.00 bits per heavy atom. The third-order valence-corrected chi connectivity index (χ3v) is 8.36. The largest absolute Gasteiger partial charge is 0.0742 e. The van der Waals surface area contributed by atoms with Gasteiger partial charge >= 0.3 is 0 Å². The zero-order chi connectivity index (χ0) is 23.9. The number of alkyl halides is 1. The molecule has 0 heterocycles. The van der Waals surface area contributed by atoms with Crippen LogP contribution in [0.15, 0.2) is 97.1 Å². The highest BCUT2D eigenvalue weighted by Crippen LogP contribution is 2.46. The standard InChI is InChI=1S/C34H25I/c1-20-23-8-4-6-10-25(23)33(26-11-7-5-9-24(20)26)28-17-13-21-14-18-29-30(34(2,3)35)19-15-22-12-16-27(28)31(21)32(22)29/h4-19H,1-3H3. The molecule has 0 aliphatic rings. The second-order valence-corrected chi connectivity index (χ2v) is 12.9. The molecular formula is C34H25I. The average Bonchev–Trinajstić information content (AvgIpc) is 2.87. The van der Waals surface area contributed by atoms with Crippen LogP contribution in [0.4, 0.5) is 0 Å². The number of aryl methyl sites for hydroxylation is 1. The summed E-state index contributed by atoms with van der Waals surface area (Å²) in [7, 11) is 0. The maximum atomic E-state index is 2.57. The monoisotopic (exact) mass is 560 g/mol. The number of fused-ring (bicyclic) bond motifs is 2. The van der Waals surface area contributed by atoms with Crippen LogP contribution in [0.3, 0.4) is 0 Å². The van der Waals surface area contributed by atoms with Gasteiger partial charge in [0.05, 0.1) is 0 Å². The summed E-state index contributed by atoms with van der Waals surface area (Å²) < 4.78 is 0.0618. The maximum Gasteiger partial charge on any atom is 0.0420 e. The second-order valence-electron chi connectivity index (χ2n) is 10.2. The predicted molar refractivity (Wildman–Crippen MR) is 162 cm³/mol. The first kappa shape index (κ1) is 21.1. The smallest absolute Gasteiger partial charge is 0.0420 e. The molecule has 0 nitrogen and oxygen atoms in total. The Balaban J connectivity index is 1.70. The molecule has 0 unspecified atom stereocenters. The highest BCUT2D eigenvalue weighted by atomic mass is 127. The number of hydrogen-bond acceptors (Lipinski definition) is 0. The number of benzene rings is 7. The molecule has 0 aromatic heterocycles. The molecule has 0 saturated carbocycles.